The third-order valence-corrected chi connectivity index (χ3v) is 6.55. The lowest BCUT2D eigenvalue weighted by molar-refractivity contribution is 0.0950. The zero-order valence-corrected chi connectivity index (χ0v) is 17.1. The van der Waals surface area contributed by atoms with Crippen molar-refractivity contribution in [3.63, 3.8) is 0 Å². The molecule has 0 bridgehead atoms. The summed E-state index contributed by atoms with van der Waals surface area (Å²) >= 11 is 1.57. The minimum Gasteiger partial charge on any atom is -0.468 e. The fraction of sp³-hybridized carbons (Fsp3) is 0.263. The molecule has 2 N–H and O–H groups in total. The van der Waals surface area contributed by atoms with Crippen LogP contribution in [0.1, 0.15) is 46.6 Å². The first kappa shape index (κ1) is 20.2. The van der Waals surface area contributed by atoms with Gasteiger partial charge < -0.3 is 9.73 Å². The molecule has 1 amide bonds. The number of nitrogens with one attached hydrogen (secondary N) is 2. The molecule has 9 heteroatoms. The van der Waals surface area contributed by atoms with Crippen molar-refractivity contribution in [1.82, 2.24) is 15.0 Å². The van der Waals surface area contributed by atoms with Gasteiger partial charge >= 0.3 is 0 Å². The van der Waals surface area contributed by atoms with Crippen molar-refractivity contribution < 1.29 is 17.6 Å². The Labute approximate surface area is 167 Å². The molecule has 0 fully saturated rings. The second kappa shape index (κ2) is 8.68. The summed E-state index contributed by atoms with van der Waals surface area (Å²) in [6.07, 6.45) is 1.48. The van der Waals surface area contributed by atoms with Gasteiger partial charge in [-0.05, 0) is 36.4 Å². The van der Waals surface area contributed by atoms with Crippen LogP contribution >= 0.6 is 11.3 Å². The van der Waals surface area contributed by atoms with E-state index in [1.54, 1.807) is 23.5 Å². The minimum absolute atomic E-state index is 0.0591. The van der Waals surface area contributed by atoms with Crippen molar-refractivity contribution in [2.24, 2.45) is 0 Å². The molecular formula is C19H21N3O4S2. The van der Waals surface area contributed by atoms with Crippen molar-refractivity contribution in [3.05, 3.63) is 70.1 Å². The summed E-state index contributed by atoms with van der Waals surface area (Å²) in [4.78, 5) is 16.8. The number of amides is 1. The Bertz CT molecular complexity index is 1020. The van der Waals surface area contributed by atoms with E-state index in [1.165, 1.54) is 30.5 Å². The van der Waals surface area contributed by atoms with Crippen LogP contribution in [0.4, 0.5) is 0 Å². The summed E-state index contributed by atoms with van der Waals surface area (Å²) in [5, 5.41) is 5.75. The number of hydrogen-bond donors (Lipinski definition) is 2. The van der Waals surface area contributed by atoms with Crippen LogP contribution in [-0.2, 0) is 23.1 Å². The molecule has 0 atom stereocenters. The predicted molar refractivity (Wildman–Crippen MR) is 107 cm³/mol. The zero-order chi connectivity index (χ0) is 20.1. The maximum absolute atomic E-state index is 12.3. The highest BCUT2D eigenvalue weighted by Crippen LogP contribution is 2.19. The van der Waals surface area contributed by atoms with E-state index in [2.05, 4.69) is 28.9 Å². The van der Waals surface area contributed by atoms with Crippen LogP contribution in [0.2, 0.25) is 0 Å². The third kappa shape index (κ3) is 5.06. The molecule has 0 unspecified atom stereocenters. The molecule has 0 aliphatic carbocycles. The number of nitrogens with zero attached hydrogens (tertiary/aromatic N) is 1. The SMILES string of the molecule is CC(C)c1nc(CNC(=O)c2ccc(S(=O)(=O)NCc3ccco3)cc2)cs1. The standard InChI is InChI=1S/C19H21N3O4S2/c1-13(2)19-22-15(12-27-19)10-20-18(23)14-5-7-17(8-6-14)28(24,25)21-11-16-4-3-9-26-16/h3-9,12-13,21H,10-11H2,1-2H3,(H,20,23). The van der Waals surface area contributed by atoms with Crippen molar-refractivity contribution in [1.29, 1.82) is 0 Å². The maximum Gasteiger partial charge on any atom is 0.251 e. The van der Waals surface area contributed by atoms with Gasteiger partial charge in [0.15, 0.2) is 0 Å². The van der Waals surface area contributed by atoms with E-state index in [1.807, 2.05) is 5.38 Å². The molecule has 0 saturated heterocycles. The highest BCUT2D eigenvalue weighted by molar-refractivity contribution is 7.89. The molecular weight excluding hydrogens is 398 g/mol. The predicted octanol–water partition coefficient (Wildman–Crippen LogP) is 3.27. The van der Waals surface area contributed by atoms with Crippen molar-refractivity contribution in [2.45, 2.75) is 37.8 Å². The molecule has 0 radical (unpaired) electrons. The van der Waals surface area contributed by atoms with Crippen LogP contribution in [0.5, 0.6) is 0 Å². The molecule has 3 aromatic rings. The Kier molecular flexibility index (Phi) is 6.28. The fourth-order valence-electron chi connectivity index (χ4n) is 2.39. The first-order valence-corrected chi connectivity index (χ1v) is 11.1. The highest BCUT2D eigenvalue weighted by Gasteiger charge is 2.15. The summed E-state index contributed by atoms with van der Waals surface area (Å²) in [6, 6.07) is 9.14. The lowest BCUT2D eigenvalue weighted by Crippen LogP contribution is -2.24. The Hall–Kier alpha value is -2.49. The Morgan fingerprint density at radius 2 is 1.93 bits per heavy atom. The quantitative estimate of drug-likeness (QED) is 0.584. The first-order chi connectivity index (χ1) is 13.3. The van der Waals surface area contributed by atoms with Crippen molar-refractivity contribution in [2.75, 3.05) is 0 Å². The van der Waals surface area contributed by atoms with Gasteiger partial charge in [0.05, 0.1) is 34.9 Å². The van der Waals surface area contributed by atoms with Crippen LogP contribution in [0.25, 0.3) is 0 Å². The third-order valence-electron chi connectivity index (χ3n) is 3.94. The topological polar surface area (TPSA) is 101 Å². The average molecular weight is 420 g/mol. The molecule has 0 aliphatic heterocycles. The second-order valence-electron chi connectivity index (χ2n) is 6.44. The highest BCUT2D eigenvalue weighted by atomic mass is 32.2. The van der Waals surface area contributed by atoms with Gasteiger partial charge in [0.25, 0.3) is 5.91 Å². The molecule has 28 heavy (non-hydrogen) atoms. The molecule has 2 aromatic heterocycles. The lowest BCUT2D eigenvalue weighted by Gasteiger charge is -2.07. The number of sulfonamides is 1. The van der Waals surface area contributed by atoms with Crippen molar-refractivity contribution >= 4 is 27.3 Å². The average Bonchev–Trinajstić information content (AvgIpc) is 3.36. The molecule has 0 spiro atoms. The van der Waals surface area contributed by atoms with E-state index in [0.29, 0.717) is 23.8 Å². The second-order valence-corrected chi connectivity index (χ2v) is 9.10. The van der Waals surface area contributed by atoms with Gasteiger partial charge in [-0.3, -0.25) is 4.79 Å². The Morgan fingerprint density at radius 1 is 1.18 bits per heavy atom. The molecule has 7 nitrogen and oxygen atoms in total. The minimum atomic E-state index is -3.69. The largest absolute Gasteiger partial charge is 0.468 e. The fourth-order valence-corrected chi connectivity index (χ4v) is 4.22. The lowest BCUT2D eigenvalue weighted by atomic mass is 10.2. The van der Waals surface area contributed by atoms with E-state index in [-0.39, 0.29) is 17.3 Å². The number of carbonyl (C=O) groups excluding carboxylic acids is 1. The Morgan fingerprint density at radius 3 is 2.54 bits per heavy atom. The number of furan rings is 1. The number of thiazole rings is 1. The van der Waals surface area contributed by atoms with E-state index >= 15 is 0 Å². The van der Waals surface area contributed by atoms with Gasteiger partial charge in [0, 0.05) is 16.9 Å². The van der Waals surface area contributed by atoms with Crippen LogP contribution < -0.4 is 10.0 Å². The van der Waals surface area contributed by atoms with Crippen LogP contribution in [0, 0.1) is 0 Å². The smallest absolute Gasteiger partial charge is 0.251 e. The van der Waals surface area contributed by atoms with Crippen LogP contribution in [-0.4, -0.2) is 19.3 Å². The zero-order valence-electron chi connectivity index (χ0n) is 15.5. The summed E-state index contributed by atoms with van der Waals surface area (Å²) < 4.78 is 32.2. The summed E-state index contributed by atoms with van der Waals surface area (Å²) in [6.45, 7) is 4.52. The van der Waals surface area contributed by atoms with Gasteiger partial charge in [-0.15, -0.1) is 11.3 Å². The maximum atomic E-state index is 12.3. The molecule has 3 rings (SSSR count). The van der Waals surface area contributed by atoms with Gasteiger partial charge in [0.2, 0.25) is 10.0 Å². The number of hydrogen-bond acceptors (Lipinski definition) is 6. The van der Waals surface area contributed by atoms with E-state index < -0.39 is 10.0 Å². The summed E-state index contributed by atoms with van der Waals surface area (Å²) in [5.41, 5.74) is 1.19. The summed E-state index contributed by atoms with van der Waals surface area (Å²) in [7, 11) is -3.69. The van der Waals surface area contributed by atoms with E-state index in [0.717, 1.165) is 10.7 Å². The Balaban J connectivity index is 1.58. The van der Waals surface area contributed by atoms with Gasteiger partial charge in [0.1, 0.15) is 5.76 Å². The molecule has 0 saturated carbocycles. The first-order valence-electron chi connectivity index (χ1n) is 8.70. The molecule has 1 aromatic carbocycles. The number of aromatic nitrogens is 1. The molecule has 148 valence electrons. The number of carbonyl (C=O) groups is 1. The van der Waals surface area contributed by atoms with Gasteiger partial charge in [-0.1, -0.05) is 13.8 Å². The van der Waals surface area contributed by atoms with Gasteiger partial charge in [-0.2, -0.15) is 0 Å². The van der Waals surface area contributed by atoms with Crippen molar-refractivity contribution in [3.8, 4) is 0 Å². The number of rotatable bonds is 8. The van der Waals surface area contributed by atoms with E-state index in [4.69, 9.17) is 4.42 Å². The van der Waals surface area contributed by atoms with Crippen LogP contribution in [0.15, 0.2) is 57.4 Å². The van der Waals surface area contributed by atoms with E-state index in [9.17, 15) is 13.2 Å². The van der Waals surface area contributed by atoms with Crippen LogP contribution in [0.3, 0.4) is 0 Å². The summed E-state index contributed by atoms with van der Waals surface area (Å²) in [5.74, 6) is 0.583. The van der Waals surface area contributed by atoms with Gasteiger partial charge in [-0.25, -0.2) is 18.1 Å². The normalized spacial score (nSPS) is 11.7. The molecule has 2 heterocycles. The molecule has 0 aliphatic rings. The number of benzene rings is 1. The monoisotopic (exact) mass is 419 g/mol.